The lowest BCUT2D eigenvalue weighted by Crippen LogP contribution is -2.33. The molecule has 103 valence electrons. The van der Waals surface area contributed by atoms with E-state index in [0.29, 0.717) is 6.07 Å². The van der Waals surface area contributed by atoms with Crippen molar-refractivity contribution in [3.8, 4) is 5.75 Å². The Balaban J connectivity index is 2.50. The van der Waals surface area contributed by atoms with Gasteiger partial charge < -0.3 is 4.74 Å². The molecule has 1 radical (unpaired) electrons. The van der Waals surface area contributed by atoms with Crippen LogP contribution in [0, 0.1) is 30.2 Å². The molecule has 1 nitrogen and oxygen atoms in total. The Labute approximate surface area is 114 Å². The van der Waals surface area contributed by atoms with Gasteiger partial charge in [-0.15, -0.1) is 0 Å². The minimum atomic E-state index is -0.870. The van der Waals surface area contributed by atoms with Crippen molar-refractivity contribution in [3.63, 3.8) is 0 Å². The number of hydrogen-bond acceptors (Lipinski definition) is 1. The van der Waals surface area contributed by atoms with E-state index in [0.717, 1.165) is 18.2 Å². The number of halogens is 4. The van der Waals surface area contributed by atoms with Gasteiger partial charge in [0.1, 0.15) is 29.0 Å². The van der Waals surface area contributed by atoms with Crippen LogP contribution in [0.4, 0.5) is 17.6 Å². The Morgan fingerprint density at radius 1 is 0.900 bits per heavy atom. The molecule has 0 aliphatic heterocycles. The molecule has 0 fully saturated rings. The van der Waals surface area contributed by atoms with Crippen LogP contribution in [0.5, 0.6) is 5.75 Å². The third-order valence-electron chi connectivity index (χ3n) is 2.93. The van der Waals surface area contributed by atoms with Crippen molar-refractivity contribution in [2.45, 2.75) is 6.92 Å². The van der Waals surface area contributed by atoms with Gasteiger partial charge in [-0.1, -0.05) is 5.46 Å². The number of ether oxygens (including phenoxy) is 1. The molecule has 2 aromatic carbocycles. The molecule has 0 aliphatic rings. The molecule has 2 aromatic rings. The van der Waals surface area contributed by atoms with E-state index in [2.05, 4.69) is 0 Å². The monoisotopic (exact) mass is 281 g/mol. The van der Waals surface area contributed by atoms with Gasteiger partial charge in [-0.2, -0.15) is 0 Å². The van der Waals surface area contributed by atoms with Crippen LogP contribution >= 0.6 is 0 Å². The van der Waals surface area contributed by atoms with Gasteiger partial charge in [0.25, 0.3) is 0 Å². The Bertz CT molecular complexity index is 658. The first-order valence-corrected chi connectivity index (χ1v) is 5.76. The first-order chi connectivity index (χ1) is 9.42. The average Bonchev–Trinajstić information content (AvgIpc) is 2.37. The maximum absolute atomic E-state index is 13.8. The molecule has 0 N–H and O–H groups in total. The quantitative estimate of drug-likeness (QED) is 0.619. The highest BCUT2D eigenvalue weighted by Gasteiger charge is 2.17. The summed E-state index contributed by atoms with van der Waals surface area (Å²) in [4.78, 5) is 0. The van der Waals surface area contributed by atoms with Crippen LogP contribution in [0.3, 0.4) is 0 Å². The number of methoxy groups -OCH3 is 1. The van der Waals surface area contributed by atoms with Crippen molar-refractivity contribution in [1.82, 2.24) is 0 Å². The summed E-state index contributed by atoms with van der Waals surface area (Å²) in [5.74, 6) is -3.23. The second kappa shape index (κ2) is 5.57. The molecule has 0 unspecified atom stereocenters. The van der Waals surface area contributed by atoms with Crippen molar-refractivity contribution in [2.24, 2.45) is 0 Å². The topological polar surface area (TPSA) is 9.23 Å². The fraction of sp³-hybridized carbons (Fsp3) is 0.143. The third kappa shape index (κ3) is 2.79. The summed E-state index contributed by atoms with van der Waals surface area (Å²) < 4.78 is 58.4. The molecule has 0 aromatic heterocycles. The molecule has 20 heavy (non-hydrogen) atoms. The molecule has 6 heteroatoms. The van der Waals surface area contributed by atoms with E-state index >= 15 is 0 Å². The summed E-state index contributed by atoms with van der Waals surface area (Å²) in [5, 5.41) is 0. The highest BCUT2D eigenvalue weighted by Crippen LogP contribution is 2.13. The predicted octanol–water partition coefficient (Wildman–Crippen LogP) is 2.22. The highest BCUT2D eigenvalue weighted by molar-refractivity contribution is 6.68. The lowest BCUT2D eigenvalue weighted by atomic mass is 9.62. The lowest BCUT2D eigenvalue weighted by molar-refractivity contribution is 0.411. The zero-order valence-electron chi connectivity index (χ0n) is 10.8. The minimum absolute atomic E-state index is 0.0495. The van der Waals surface area contributed by atoms with Gasteiger partial charge in [-0.3, -0.25) is 0 Å². The van der Waals surface area contributed by atoms with Crippen LogP contribution in [0.2, 0.25) is 0 Å². The van der Waals surface area contributed by atoms with Crippen LogP contribution in [-0.4, -0.2) is 14.4 Å². The Morgan fingerprint density at radius 2 is 1.50 bits per heavy atom. The first kappa shape index (κ1) is 14.4. The zero-order chi connectivity index (χ0) is 14.9. The molecule has 2 rings (SSSR count). The second-order valence-electron chi connectivity index (χ2n) is 4.25. The lowest BCUT2D eigenvalue weighted by Gasteiger charge is -2.11. The molecule has 0 saturated carbocycles. The fourth-order valence-electron chi connectivity index (χ4n) is 1.84. The standard InChI is InChI=1S/C14H10BF4O/c1-7-10(3-8(16)4-11(7)18)15-14-12(19)5-9(17)6-13(14)20-2/h3-6H,1-2H3. The zero-order valence-corrected chi connectivity index (χ0v) is 10.8. The van der Waals surface area contributed by atoms with Crippen molar-refractivity contribution < 1.29 is 22.3 Å². The maximum Gasteiger partial charge on any atom is 0.201 e. The fourth-order valence-corrected chi connectivity index (χ4v) is 1.84. The van der Waals surface area contributed by atoms with Gasteiger partial charge in [0, 0.05) is 18.2 Å². The predicted molar refractivity (Wildman–Crippen MR) is 69.0 cm³/mol. The van der Waals surface area contributed by atoms with Crippen molar-refractivity contribution >= 4 is 18.2 Å². The van der Waals surface area contributed by atoms with Crippen LogP contribution in [0.25, 0.3) is 0 Å². The molecule has 0 saturated heterocycles. The molecule has 0 bridgehead atoms. The number of benzene rings is 2. The Morgan fingerprint density at radius 3 is 2.15 bits per heavy atom. The molecule has 0 heterocycles. The highest BCUT2D eigenvalue weighted by atomic mass is 19.1. The van der Waals surface area contributed by atoms with E-state index in [-0.39, 0.29) is 22.2 Å². The van der Waals surface area contributed by atoms with Crippen LogP contribution in [0.15, 0.2) is 24.3 Å². The van der Waals surface area contributed by atoms with Gasteiger partial charge in [0.15, 0.2) is 0 Å². The average molecular weight is 281 g/mol. The molecule has 0 atom stereocenters. The van der Waals surface area contributed by atoms with E-state index in [9.17, 15) is 17.6 Å². The molecule has 0 amide bonds. The SMILES string of the molecule is COc1cc(F)cc(F)c1[B]c1cc(F)cc(F)c1C. The van der Waals surface area contributed by atoms with E-state index < -0.39 is 23.3 Å². The largest absolute Gasteiger partial charge is 0.497 e. The Hall–Kier alpha value is -1.98. The van der Waals surface area contributed by atoms with Crippen LogP contribution in [-0.2, 0) is 0 Å². The van der Waals surface area contributed by atoms with E-state index in [1.165, 1.54) is 21.3 Å². The molecular weight excluding hydrogens is 271 g/mol. The summed E-state index contributed by atoms with van der Waals surface area (Å²) in [6.07, 6.45) is 0. The van der Waals surface area contributed by atoms with E-state index in [4.69, 9.17) is 4.74 Å². The normalized spacial score (nSPS) is 10.5. The van der Waals surface area contributed by atoms with Gasteiger partial charge in [0.05, 0.1) is 7.11 Å². The van der Waals surface area contributed by atoms with Gasteiger partial charge in [0.2, 0.25) is 7.28 Å². The van der Waals surface area contributed by atoms with Gasteiger partial charge >= 0.3 is 0 Å². The van der Waals surface area contributed by atoms with E-state index in [1.54, 1.807) is 0 Å². The minimum Gasteiger partial charge on any atom is -0.497 e. The van der Waals surface area contributed by atoms with E-state index in [1.807, 2.05) is 0 Å². The summed E-state index contributed by atoms with van der Waals surface area (Å²) in [7, 11) is 2.47. The second-order valence-corrected chi connectivity index (χ2v) is 4.25. The van der Waals surface area contributed by atoms with Gasteiger partial charge in [-0.25, -0.2) is 17.6 Å². The number of rotatable bonds is 3. The first-order valence-electron chi connectivity index (χ1n) is 5.76. The number of hydrogen-bond donors (Lipinski definition) is 0. The summed E-state index contributed by atoms with van der Waals surface area (Å²) >= 11 is 0. The Kier molecular flexibility index (Phi) is 4.02. The van der Waals surface area contributed by atoms with Gasteiger partial charge in [-0.05, 0) is 24.0 Å². The van der Waals surface area contributed by atoms with Crippen molar-refractivity contribution in [2.75, 3.05) is 7.11 Å². The summed E-state index contributed by atoms with van der Waals surface area (Å²) in [6, 6.07) is 3.49. The molecule has 0 spiro atoms. The van der Waals surface area contributed by atoms with Crippen LogP contribution in [0.1, 0.15) is 5.56 Å². The smallest absolute Gasteiger partial charge is 0.201 e. The molecule has 0 aliphatic carbocycles. The van der Waals surface area contributed by atoms with Crippen molar-refractivity contribution in [1.29, 1.82) is 0 Å². The summed E-state index contributed by atoms with van der Waals surface area (Å²) in [6.45, 7) is 1.44. The van der Waals surface area contributed by atoms with Crippen molar-refractivity contribution in [3.05, 3.63) is 53.1 Å². The molecular formula is C14H10BF4O. The summed E-state index contributed by atoms with van der Waals surface area (Å²) in [5.41, 5.74) is 0.255. The van der Waals surface area contributed by atoms with Crippen LogP contribution < -0.4 is 15.7 Å². The maximum atomic E-state index is 13.8. The third-order valence-corrected chi connectivity index (χ3v) is 2.93.